The normalized spacial score (nSPS) is 11.1. The monoisotopic (exact) mass is 277 g/mol. The molecule has 112 valence electrons. The van der Waals surface area contributed by atoms with Crippen molar-refractivity contribution in [1.82, 2.24) is 4.90 Å². The van der Waals surface area contributed by atoms with Crippen LogP contribution in [-0.2, 0) is 4.79 Å². The minimum absolute atomic E-state index is 0.0425. The van der Waals surface area contributed by atoms with Crippen molar-refractivity contribution < 1.29 is 4.79 Å². The molecule has 0 fully saturated rings. The summed E-state index contributed by atoms with van der Waals surface area (Å²) in [5.74, 6) is 0.662. The Morgan fingerprint density at radius 3 is 2.70 bits per heavy atom. The fourth-order valence-corrected chi connectivity index (χ4v) is 2.14. The third-order valence-corrected chi connectivity index (χ3v) is 3.26. The van der Waals surface area contributed by atoms with Gasteiger partial charge in [0.05, 0.1) is 0 Å². The van der Waals surface area contributed by atoms with Gasteiger partial charge in [-0.1, -0.05) is 26.8 Å². The molecule has 0 bridgehead atoms. The molecule has 4 nitrogen and oxygen atoms in total. The molecule has 1 aromatic carbocycles. The van der Waals surface area contributed by atoms with Gasteiger partial charge in [-0.15, -0.1) is 0 Å². The van der Waals surface area contributed by atoms with E-state index in [1.54, 1.807) is 6.07 Å². The summed E-state index contributed by atoms with van der Waals surface area (Å²) in [7, 11) is 0. The van der Waals surface area contributed by atoms with E-state index in [-0.39, 0.29) is 5.91 Å². The number of amides is 1. The van der Waals surface area contributed by atoms with Crippen molar-refractivity contribution in [3.05, 3.63) is 23.8 Å². The van der Waals surface area contributed by atoms with Crippen LogP contribution in [-0.4, -0.2) is 30.4 Å². The second-order valence-electron chi connectivity index (χ2n) is 5.66. The van der Waals surface area contributed by atoms with Crippen molar-refractivity contribution in [2.75, 3.05) is 30.7 Å². The summed E-state index contributed by atoms with van der Waals surface area (Å²) < 4.78 is 0. The van der Waals surface area contributed by atoms with Gasteiger partial charge in [-0.25, -0.2) is 0 Å². The fraction of sp³-hybridized carbons (Fsp3) is 0.562. The molecule has 0 saturated carbocycles. The molecule has 0 atom stereocenters. The Bertz CT molecular complexity index is 443. The molecule has 3 N–H and O–H groups in total. The topological polar surface area (TPSA) is 58.4 Å². The molecule has 0 unspecified atom stereocenters. The third kappa shape index (κ3) is 5.61. The Morgan fingerprint density at radius 1 is 1.40 bits per heavy atom. The number of carbonyl (C=O) groups is 1. The molecule has 4 heteroatoms. The number of anilines is 2. The molecule has 0 radical (unpaired) electrons. The first-order valence-electron chi connectivity index (χ1n) is 7.30. The number of carbonyl (C=O) groups excluding carboxylic acids is 1. The Kier molecular flexibility index (Phi) is 6.52. The average Bonchev–Trinajstić information content (AvgIpc) is 2.38. The van der Waals surface area contributed by atoms with Gasteiger partial charge in [0.2, 0.25) is 5.91 Å². The number of nitrogens with one attached hydrogen (secondary N) is 1. The predicted molar refractivity (Wildman–Crippen MR) is 85.8 cm³/mol. The van der Waals surface area contributed by atoms with Crippen LogP contribution in [0.1, 0.15) is 32.8 Å². The van der Waals surface area contributed by atoms with E-state index in [0.29, 0.717) is 18.0 Å². The quantitative estimate of drug-likeness (QED) is 0.753. The van der Waals surface area contributed by atoms with E-state index < -0.39 is 0 Å². The second-order valence-corrected chi connectivity index (χ2v) is 5.66. The highest BCUT2D eigenvalue weighted by Crippen LogP contribution is 2.18. The number of nitrogen functional groups attached to an aromatic ring is 1. The number of hydrogen-bond acceptors (Lipinski definition) is 3. The zero-order valence-corrected chi connectivity index (χ0v) is 13.1. The molecule has 0 heterocycles. The van der Waals surface area contributed by atoms with Gasteiger partial charge in [-0.3, -0.25) is 4.79 Å². The van der Waals surface area contributed by atoms with Gasteiger partial charge in [-0.2, -0.15) is 0 Å². The van der Waals surface area contributed by atoms with Crippen molar-refractivity contribution in [3.8, 4) is 0 Å². The minimum Gasteiger partial charge on any atom is -0.399 e. The zero-order chi connectivity index (χ0) is 15.1. The van der Waals surface area contributed by atoms with E-state index in [4.69, 9.17) is 5.73 Å². The number of nitrogens with two attached hydrogens (primary N) is 1. The number of rotatable bonds is 7. The molecule has 1 amide bonds. The molecule has 0 saturated heterocycles. The van der Waals surface area contributed by atoms with Crippen LogP contribution < -0.4 is 11.1 Å². The molecule has 0 aliphatic rings. The second kappa shape index (κ2) is 7.90. The van der Waals surface area contributed by atoms with Crippen LogP contribution in [0.15, 0.2) is 18.2 Å². The van der Waals surface area contributed by atoms with E-state index in [1.165, 1.54) is 0 Å². The standard InChI is InChI=1S/C16H27N3O/c1-5-19(11-12(2)3)9-8-16(20)18-15-10-14(17)7-6-13(15)4/h6-7,10,12H,5,8-9,11,17H2,1-4H3,(H,18,20). The van der Waals surface area contributed by atoms with Crippen molar-refractivity contribution in [3.63, 3.8) is 0 Å². The van der Waals surface area contributed by atoms with Crippen LogP contribution in [0.3, 0.4) is 0 Å². The lowest BCUT2D eigenvalue weighted by atomic mass is 10.1. The van der Waals surface area contributed by atoms with E-state index in [1.807, 2.05) is 19.1 Å². The SMILES string of the molecule is CCN(CCC(=O)Nc1cc(N)ccc1C)CC(C)C. The van der Waals surface area contributed by atoms with E-state index in [9.17, 15) is 4.79 Å². The average molecular weight is 277 g/mol. The first-order valence-corrected chi connectivity index (χ1v) is 7.30. The lowest BCUT2D eigenvalue weighted by Gasteiger charge is -2.22. The van der Waals surface area contributed by atoms with Gasteiger partial charge in [0.25, 0.3) is 0 Å². The highest BCUT2D eigenvalue weighted by Gasteiger charge is 2.09. The van der Waals surface area contributed by atoms with E-state index in [2.05, 4.69) is 31.0 Å². The maximum atomic E-state index is 12.0. The van der Waals surface area contributed by atoms with E-state index in [0.717, 1.165) is 30.9 Å². The van der Waals surface area contributed by atoms with Gasteiger partial charge in [-0.05, 0) is 37.1 Å². The van der Waals surface area contributed by atoms with Crippen LogP contribution in [0.2, 0.25) is 0 Å². The Morgan fingerprint density at radius 2 is 2.10 bits per heavy atom. The maximum Gasteiger partial charge on any atom is 0.225 e. The lowest BCUT2D eigenvalue weighted by Crippen LogP contribution is -2.31. The van der Waals surface area contributed by atoms with E-state index >= 15 is 0 Å². The van der Waals surface area contributed by atoms with Gasteiger partial charge in [0, 0.05) is 30.9 Å². The maximum absolute atomic E-state index is 12.0. The molecule has 1 aromatic rings. The van der Waals surface area contributed by atoms with Crippen molar-refractivity contribution in [1.29, 1.82) is 0 Å². The number of benzene rings is 1. The van der Waals surface area contributed by atoms with Gasteiger partial charge < -0.3 is 16.0 Å². The van der Waals surface area contributed by atoms with Crippen LogP contribution in [0.5, 0.6) is 0 Å². The van der Waals surface area contributed by atoms with Gasteiger partial charge >= 0.3 is 0 Å². The first kappa shape index (κ1) is 16.5. The van der Waals surface area contributed by atoms with Crippen molar-refractivity contribution in [2.45, 2.75) is 34.1 Å². The molecule has 0 aliphatic heterocycles. The Hall–Kier alpha value is -1.55. The Balaban J connectivity index is 2.49. The summed E-state index contributed by atoms with van der Waals surface area (Å²) in [6, 6.07) is 5.56. The van der Waals surface area contributed by atoms with Crippen LogP contribution >= 0.6 is 0 Å². The molecular weight excluding hydrogens is 250 g/mol. The lowest BCUT2D eigenvalue weighted by molar-refractivity contribution is -0.116. The number of nitrogens with zero attached hydrogens (tertiary/aromatic N) is 1. The Labute approximate surface area is 122 Å². The highest BCUT2D eigenvalue weighted by atomic mass is 16.1. The largest absolute Gasteiger partial charge is 0.399 e. The van der Waals surface area contributed by atoms with Crippen molar-refractivity contribution in [2.24, 2.45) is 5.92 Å². The summed E-state index contributed by atoms with van der Waals surface area (Å²) in [6.45, 7) is 11.3. The van der Waals surface area contributed by atoms with Crippen LogP contribution in [0.4, 0.5) is 11.4 Å². The number of hydrogen-bond donors (Lipinski definition) is 2. The first-order chi connectivity index (χ1) is 9.42. The molecule has 20 heavy (non-hydrogen) atoms. The molecule has 0 spiro atoms. The summed E-state index contributed by atoms with van der Waals surface area (Å²) in [4.78, 5) is 14.3. The van der Waals surface area contributed by atoms with Crippen LogP contribution in [0, 0.1) is 12.8 Å². The predicted octanol–water partition coefficient (Wildman–Crippen LogP) is 2.88. The molecular formula is C16H27N3O. The third-order valence-electron chi connectivity index (χ3n) is 3.26. The van der Waals surface area contributed by atoms with Crippen LogP contribution in [0.25, 0.3) is 0 Å². The summed E-state index contributed by atoms with van der Waals surface area (Å²) in [5.41, 5.74) is 8.25. The highest BCUT2D eigenvalue weighted by molar-refractivity contribution is 5.92. The van der Waals surface area contributed by atoms with Gasteiger partial charge in [0.15, 0.2) is 0 Å². The number of aryl methyl sites for hydroxylation is 1. The molecule has 0 aliphatic carbocycles. The smallest absolute Gasteiger partial charge is 0.225 e. The molecule has 1 rings (SSSR count). The van der Waals surface area contributed by atoms with Crippen molar-refractivity contribution >= 4 is 17.3 Å². The fourth-order valence-electron chi connectivity index (χ4n) is 2.14. The summed E-state index contributed by atoms with van der Waals surface area (Å²) in [6.07, 6.45) is 0.509. The van der Waals surface area contributed by atoms with Gasteiger partial charge in [0.1, 0.15) is 0 Å². The summed E-state index contributed by atoms with van der Waals surface area (Å²) in [5, 5.41) is 2.94. The molecule has 0 aromatic heterocycles. The summed E-state index contributed by atoms with van der Waals surface area (Å²) >= 11 is 0. The zero-order valence-electron chi connectivity index (χ0n) is 13.1. The minimum atomic E-state index is 0.0425.